The predicted molar refractivity (Wildman–Crippen MR) is 97.6 cm³/mol. The summed E-state index contributed by atoms with van der Waals surface area (Å²) in [5.74, 6) is 1.89. The van der Waals surface area contributed by atoms with Gasteiger partial charge in [0.25, 0.3) is 0 Å². The molecule has 0 aromatic heterocycles. The Hall–Kier alpha value is 0.700. The topological polar surface area (TPSA) is 0 Å². The van der Waals surface area contributed by atoms with Crippen LogP contribution in [0.2, 0.25) is 0 Å². The summed E-state index contributed by atoms with van der Waals surface area (Å²) in [6, 6.07) is 0. The Kier molecular flexibility index (Phi) is 3.89. The van der Waals surface area contributed by atoms with Crippen LogP contribution < -0.4 is 0 Å². The lowest BCUT2D eigenvalue weighted by Crippen LogP contribution is -2.57. The highest BCUT2D eigenvalue weighted by Gasteiger charge is 2.57. The molecule has 2 rings (SSSR count). The van der Waals surface area contributed by atoms with Crippen LogP contribution in [0.3, 0.4) is 0 Å². The summed E-state index contributed by atoms with van der Waals surface area (Å²) >= 11 is 0. The fourth-order valence-corrected chi connectivity index (χ4v) is 9.81. The van der Waals surface area contributed by atoms with Crippen molar-refractivity contribution in [3.8, 4) is 0 Å². The van der Waals surface area contributed by atoms with Crippen molar-refractivity contribution in [3.63, 3.8) is 0 Å². The lowest BCUT2D eigenvalue weighted by atomic mass is 9.64. The summed E-state index contributed by atoms with van der Waals surface area (Å²) in [4.78, 5) is 0. The second kappa shape index (κ2) is 4.60. The van der Waals surface area contributed by atoms with Gasteiger partial charge >= 0.3 is 0 Å². The van der Waals surface area contributed by atoms with Crippen molar-refractivity contribution < 1.29 is 0 Å². The fraction of sp³-hybridized carbons (Fsp3) is 1.00. The Bertz CT molecular complexity index is 299. The first-order valence-corrected chi connectivity index (χ1v) is 13.5. The van der Waals surface area contributed by atoms with E-state index in [4.69, 9.17) is 0 Å². The van der Waals surface area contributed by atoms with Gasteiger partial charge in [-0.1, -0.05) is 13.8 Å². The molecule has 2 saturated carbocycles. The van der Waals surface area contributed by atoms with Crippen molar-refractivity contribution >= 4 is 20.1 Å². The van der Waals surface area contributed by atoms with Crippen LogP contribution in [-0.2, 0) is 0 Å². The Morgan fingerprint density at radius 2 is 0.895 bits per heavy atom. The van der Waals surface area contributed by atoms with E-state index in [9.17, 15) is 0 Å². The summed E-state index contributed by atoms with van der Waals surface area (Å²) in [5.41, 5.74) is 0. The number of hydrogen-bond donors (Lipinski definition) is 0. The van der Waals surface area contributed by atoms with E-state index in [-0.39, 0.29) is 0 Å². The van der Waals surface area contributed by atoms with E-state index >= 15 is 0 Å². The van der Waals surface area contributed by atoms with Crippen LogP contribution in [0.1, 0.15) is 46.0 Å². The van der Waals surface area contributed by atoms with Gasteiger partial charge in [-0.15, -0.1) is 0 Å². The van der Waals surface area contributed by atoms with Crippen LogP contribution >= 0.6 is 20.1 Å². The van der Waals surface area contributed by atoms with E-state index < -0.39 is 20.1 Å². The summed E-state index contributed by atoms with van der Waals surface area (Å²) in [6.45, 7) is 5.07. The zero-order valence-corrected chi connectivity index (χ0v) is 16.1. The molecular formula is C17H36S2. The molecule has 0 radical (unpaired) electrons. The van der Waals surface area contributed by atoms with Crippen LogP contribution in [0.25, 0.3) is 0 Å². The van der Waals surface area contributed by atoms with Crippen molar-refractivity contribution in [2.75, 3.05) is 37.5 Å². The van der Waals surface area contributed by atoms with E-state index in [1.807, 2.05) is 0 Å². The van der Waals surface area contributed by atoms with Gasteiger partial charge in [0, 0.05) is 9.49 Å². The third kappa shape index (κ3) is 2.61. The molecule has 116 valence electrons. The monoisotopic (exact) mass is 304 g/mol. The summed E-state index contributed by atoms with van der Waals surface area (Å²) in [5, 5.41) is 0. The number of fused-ring (bicyclic) bond motifs is 2. The van der Waals surface area contributed by atoms with Crippen LogP contribution in [0, 0.1) is 11.8 Å². The first-order valence-electron chi connectivity index (χ1n) is 7.77. The molecule has 0 aliphatic heterocycles. The molecule has 2 aliphatic carbocycles. The van der Waals surface area contributed by atoms with Gasteiger partial charge in [0.05, 0.1) is 0 Å². The molecule has 0 aromatic rings. The maximum Gasteiger partial charge on any atom is 0.00129 e. The van der Waals surface area contributed by atoms with Gasteiger partial charge < -0.3 is 0 Å². The highest BCUT2D eigenvalue weighted by molar-refractivity contribution is 8.34. The third-order valence-electron chi connectivity index (χ3n) is 6.12. The maximum atomic E-state index is 2.59. The molecule has 2 bridgehead atoms. The van der Waals surface area contributed by atoms with Gasteiger partial charge in [0.15, 0.2) is 0 Å². The average molecular weight is 305 g/mol. The minimum absolute atomic E-state index is 0.470. The molecule has 0 unspecified atom stereocenters. The molecule has 0 aromatic carbocycles. The molecule has 0 nitrogen and oxygen atoms in total. The van der Waals surface area contributed by atoms with Crippen LogP contribution in [0.4, 0.5) is 0 Å². The second-order valence-corrected chi connectivity index (χ2v) is 18.3. The van der Waals surface area contributed by atoms with Crippen LogP contribution in [0.15, 0.2) is 0 Å². The minimum Gasteiger partial charge on any atom is -0.244 e. The summed E-state index contributed by atoms with van der Waals surface area (Å²) < 4.78 is 1.37. The Labute approximate surface area is 125 Å². The van der Waals surface area contributed by atoms with Crippen LogP contribution in [-0.4, -0.2) is 47.0 Å². The fourth-order valence-electron chi connectivity index (χ4n) is 5.16. The van der Waals surface area contributed by atoms with Gasteiger partial charge in [-0.3, -0.25) is 0 Å². The molecule has 2 fully saturated rings. The third-order valence-corrected chi connectivity index (χ3v) is 12.3. The van der Waals surface area contributed by atoms with E-state index in [0.29, 0.717) is 9.49 Å². The van der Waals surface area contributed by atoms with Gasteiger partial charge in [-0.2, -0.15) is 0 Å². The standard InChI is InChI=1S/C17H36S2/c1-14-9-16(18(3,4)5)11-15(2)12-17(10-14,13-16)19(6,7)8/h14-15H,9-13H2,1-8H3. The van der Waals surface area contributed by atoms with Crippen LogP contribution in [0.5, 0.6) is 0 Å². The van der Waals surface area contributed by atoms with Crippen molar-refractivity contribution in [1.82, 2.24) is 0 Å². The molecule has 2 aliphatic rings. The Balaban J connectivity index is 2.48. The largest absolute Gasteiger partial charge is 0.244 e. The van der Waals surface area contributed by atoms with Crippen molar-refractivity contribution in [2.24, 2.45) is 11.8 Å². The molecule has 0 atom stereocenters. The predicted octanol–water partition coefficient (Wildman–Crippen LogP) is 5.10. The molecule has 0 heterocycles. The quantitative estimate of drug-likeness (QED) is 0.665. The second-order valence-electron chi connectivity index (χ2n) is 9.24. The Morgan fingerprint density at radius 3 is 1.11 bits per heavy atom. The zero-order chi connectivity index (χ0) is 14.7. The van der Waals surface area contributed by atoms with E-state index in [0.717, 1.165) is 11.8 Å². The lowest BCUT2D eigenvalue weighted by Gasteiger charge is -2.67. The summed E-state index contributed by atoms with van der Waals surface area (Å²) in [6.07, 6.45) is 23.1. The van der Waals surface area contributed by atoms with Gasteiger partial charge in [0.2, 0.25) is 0 Å². The van der Waals surface area contributed by atoms with Crippen molar-refractivity contribution in [3.05, 3.63) is 0 Å². The summed E-state index contributed by atoms with van der Waals surface area (Å²) in [7, 11) is -0.940. The first-order chi connectivity index (χ1) is 8.41. The average Bonchev–Trinajstić information content (AvgIpc) is 2.10. The molecule has 2 heteroatoms. The van der Waals surface area contributed by atoms with Crippen molar-refractivity contribution in [2.45, 2.75) is 55.4 Å². The SMILES string of the molecule is CC1CC2(S(C)(C)C)CC(C)CC(S(C)(C)C)(C1)C2. The molecule has 0 amide bonds. The molecule has 0 N–H and O–H groups in total. The molecule has 0 spiro atoms. The highest BCUT2D eigenvalue weighted by Crippen LogP contribution is 2.72. The van der Waals surface area contributed by atoms with Gasteiger partial charge in [0.1, 0.15) is 0 Å². The smallest absolute Gasteiger partial charge is 0.00129 e. The normalized spacial score (nSPS) is 45.9. The van der Waals surface area contributed by atoms with Gasteiger partial charge in [-0.05, 0) is 81.5 Å². The molecular weight excluding hydrogens is 268 g/mol. The first kappa shape index (κ1) is 16.1. The number of hydrogen-bond acceptors (Lipinski definition) is 0. The highest BCUT2D eigenvalue weighted by atomic mass is 32.3. The van der Waals surface area contributed by atoms with Gasteiger partial charge in [-0.25, -0.2) is 20.1 Å². The Morgan fingerprint density at radius 1 is 0.632 bits per heavy atom. The van der Waals surface area contributed by atoms with Crippen molar-refractivity contribution in [1.29, 1.82) is 0 Å². The molecule has 19 heavy (non-hydrogen) atoms. The zero-order valence-electron chi connectivity index (χ0n) is 14.5. The minimum atomic E-state index is -0.470. The maximum absolute atomic E-state index is 2.59. The molecule has 0 saturated heterocycles. The lowest BCUT2D eigenvalue weighted by molar-refractivity contribution is 0.153. The number of rotatable bonds is 2. The van der Waals surface area contributed by atoms with E-state index in [2.05, 4.69) is 51.4 Å². The van der Waals surface area contributed by atoms with E-state index in [1.165, 1.54) is 25.7 Å². The van der Waals surface area contributed by atoms with E-state index in [1.54, 1.807) is 6.42 Å².